The molecular weight excluding hydrogens is 316 g/mol. The maximum atomic E-state index is 11.8. The van der Waals surface area contributed by atoms with E-state index in [9.17, 15) is 4.79 Å². The van der Waals surface area contributed by atoms with Crippen molar-refractivity contribution in [2.45, 2.75) is 58.3 Å². The van der Waals surface area contributed by atoms with Crippen molar-refractivity contribution < 1.29 is 4.79 Å². The maximum Gasteiger partial charge on any atom is 0.225 e. The van der Waals surface area contributed by atoms with Gasteiger partial charge in [-0.1, -0.05) is 50.5 Å². The molecule has 3 nitrogen and oxygen atoms in total. The first-order chi connectivity index (χ1) is 11.7. The number of anilines is 1. The molecule has 0 spiro atoms. The largest absolute Gasteiger partial charge is 0.288 e. The highest BCUT2D eigenvalue weighted by Gasteiger charge is 2.17. The lowest BCUT2D eigenvalue weighted by Crippen LogP contribution is -2.28. The molecule has 1 amide bonds. The number of benzene rings is 1. The number of thiazole rings is 1. The molecule has 0 radical (unpaired) electrons. The van der Waals surface area contributed by atoms with Crippen molar-refractivity contribution >= 4 is 22.4 Å². The predicted octanol–water partition coefficient (Wildman–Crippen LogP) is 5.62. The fraction of sp³-hybridized carbons (Fsp3) is 0.500. The van der Waals surface area contributed by atoms with E-state index in [0.717, 1.165) is 35.3 Å². The molecule has 0 atom stereocenters. The Kier molecular flexibility index (Phi) is 5.67. The normalized spacial score (nSPS) is 15.4. The second kappa shape index (κ2) is 7.93. The van der Waals surface area contributed by atoms with Crippen LogP contribution in [0.5, 0.6) is 0 Å². The predicted molar refractivity (Wildman–Crippen MR) is 102 cm³/mol. The molecule has 1 aromatic carbocycles. The maximum absolute atomic E-state index is 11.8. The quantitative estimate of drug-likeness (QED) is 0.706. The van der Waals surface area contributed by atoms with E-state index in [-0.39, 0.29) is 5.91 Å². The van der Waals surface area contributed by atoms with Gasteiger partial charge in [-0.2, -0.15) is 0 Å². The SMILES string of the molecule is CCCN(C(C)=O)c1nc(-c2ccc(C3CCCCC3)cc2)cs1. The van der Waals surface area contributed by atoms with Gasteiger partial charge in [-0.3, -0.25) is 9.69 Å². The smallest absolute Gasteiger partial charge is 0.225 e. The van der Waals surface area contributed by atoms with E-state index < -0.39 is 0 Å². The van der Waals surface area contributed by atoms with Gasteiger partial charge in [0.25, 0.3) is 0 Å². The number of nitrogens with zero attached hydrogens (tertiary/aromatic N) is 2. The van der Waals surface area contributed by atoms with E-state index in [0.29, 0.717) is 0 Å². The van der Waals surface area contributed by atoms with Crippen molar-refractivity contribution in [3.63, 3.8) is 0 Å². The molecule has 4 heteroatoms. The van der Waals surface area contributed by atoms with Crippen molar-refractivity contribution in [1.82, 2.24) is 4.98 Å². The Hall–Kier alpha value is -1.68. The highest BCUT2D eigenvalue weighted by molar-refractivity contribution is 7.14. The third-order valence-electron chi connectivity index (χ3n) is 4.83. The fourth-order valence-electron chi connectivity index (χ4n) is 3.49. The molecule has 0 unspecified atom stereocenters. The molecule has 1 aliphatic rings. The topological polar surface area (TPSA) is 33.2 Å². The number of rotatable bonds is 5. The van der Waals surface area contributed by atoms with Gasteiger partial charge in [0, 0.05) is 24.4 Å². The van der Waals surface area contributed by atoms with Crippen molar-refractivity contribution in [3.8, 4) is 11.3 Å². The van der Waals surface area contributed by atoms with Gasteiger partial charge in [-0.15, -0.1) is 11.3 Å². The van der Waals surface area contributed by atoms with E-state index in [1.54, 1.807) is 23.2 Å². The summed E-state index contributed by atoms with van der Waals surface area (Å²) in [6.07, 6.45) is 7.70. The van der Waals surface area contributed by atoms with Crippen LogP contribution in [-0.4, -0.2) is 17.4 Å². The molecule has 1 saturated carbocycles. The van der Waals surface area contributed by atoms with Crippen LogP contribution < -0.4 is 4.90 Å². The molecule has 24 heavy (non-hydrogen) atoms. The Labute approximate surface area is 148 Å². The molecule has 1 aromatic heterocycles. The average molecular weight is 343 g/mol. The summed E-state index contributed by atoms with van der Waals surface area (Å²) in [5.74, 6) is 0.793. The van der Waals surface area contributed by atoms with E-state index in [2.05, 4.69) is 41.6 Å². The minimum absolute atomic E-state index is 0.0606. The summed E-state index contributed by atoms with van der Waals surface area (Å²) < 4.78 is 0. The molecule has 128 valence electrons. The first-order valence-corrected chi connectivity index (χ1v) is 9.91. The Morgan fingerprint density at radius 3 is 2.54 bits per heavy atom. The Morgan fingerprint density at radius 1 is 1.21 bits per heavy atom. The van der Waals surface area contributed by atoms with Crippen molar-refractivity contribution in [2.24, 2.45) is 0 Å². The number of hydrogen-bond acceptors (Lipinski definition) is 3. The molecule has 1 heterocycles. The Bertz CT molecular complexity index is 671. The molecule has 3 rings (SSSR count). The van der Waals surface area contributed by atoms with Gasteiger partial charge in [-0.05, 0) is 30.7 Å². The van der Waals surface area contributed by atoms with E-state index in [1.165, 1.54) is 37.7 Å². The van der Waals surface area contributed by atoms with Crippen molar-refractivity contribution in [3.05, 3.63) is 35.2 Å². The van der Waals surface area contributed by atoms with Crippen LogP contribution >= 0.6 is 11.3 Å². The first kappa shape index (κ1) is 17.2. The number of amides is 1. The van der Waals surface area contributed by atoms with Gasteiger partial charge in [0.2, 0.25) is 5.91 Å². The van der Waals surface area contributed by atoms with Crippen molar-refractivity contribution in [2.75, 3.05) is 11.4 Å². The summed E-state index contributed by atoms with van der Waals surface area (Å²) in [5, 5.41) is 2.85. The van der Waals surface area contributed by atoms with Crippen LogP contribution in [0.25, 0.3) is 11.3 Å². The molecular formula is C20H26N2OS. The lowest BCUT2D eigenvalue weighted by molar-refractivity contribution is -0.116. The third kappa shape index (κ3) is 3.86. The van der Waals surface area contributed by atoms with Gasteiger partial charge < -0.3 is 0 Å². The van der Waals surface area contributed by atoms with E-state index >= 15 is 0 Å². The summed E-state index contributed by atoms with van der Waals surface area (Å²) in [7, 11) is 0. The van der Waals surface area contributed by atoms with Gasteiger partial charge >= 0.3 is 0 Å². The molecule has 0 aliphatic heterocycles. The van der Waals surface area contributed by atoms with E-state index in [1.807, 2.05) is 0 Å². The van der Waals surface area contributed by atoms with Gasteiger partial charge in [-0.25, -0.2) is 4.98 Å². The molecule has 0 bridgehead atoms. The Balaban J connectivity index is 1.76. The molecule has 2 aromatic rings. The van der Waals surface area contributed by atoms with Crippen LogP contribution in [-0.2, 0) is 4.79 Å². The second-order valence-corrected chi connectivity index (χ2v) is 7.48. The highest BCUT2D eigenvalue weighted by atomic mass is 32.1. The Morgan fingerprint density at radius 2 is 1.92 bits per heavy atom. The zero-order chi connectivity index (χ0) is 16.9. The molecule has 0 N–H and O–H groups in total. The third-order valence-corrected chi connectivity index (χ3v) is 5.70. The standard InChI is InChI=1S/C20H26N2OS/c1-3-13-22(15(2)23)20-21-19(14-24-20)18-11-9-17(10-12-18)16-7-5-4-6-8-16/h9-12,14,16H,3-8,13H2,1-2H3. The van der Waals surface area contributed by atoms with Crippen LogP contribution in [0.3, 0.4) is 0 Å². The average Bonchev–Trinajstić information content (AvgIpc) is 3.10. The van der Waals surface area contributed by atoms with Gasteiger partial charge in [0.15, 0.2) is 5.13 Å². The summed E-state index contributed by atoms with van der Waals surface area (Å²) in [6.45, 7) is 4.41. The second-order valence-electron chi connectivity index (χ2n) is 6.64. The lowest BCUT2D eigenvalue weighted by Gasteiger charge is -2.22. The van der Waals surface area contributed by atoms with Crippen LogP contribution in [0.2, 0.25) is 0 Å². The summed E-state index contributed by atoms with van der Waals surface area (Å²) >= 11 is 1.55. The minimum Gasteiger partial charge on any atom is -0.288 e. The first-order valence-electron chi connectivity index (χ1n) is 9.03. The molecule has 0 saturated heterocycles. The number of hydrogen-bond donors (Lipinski definition) is 0. The molecule has 1 aliphatic carbocycles. The fourth-order valence-corrected chi connectivity index (χ4v) is 4.40. The lowest BCUT2D eigenvalue weighted by atomic mass is 9.84. The minimum atomic E-state index is 0.0606. The summed E-state index contributed by atoms with van der Waals surface area (Å²) in [5.41, 5.74) is 3.56. The van der Waals surface area contributed by atoms with E-state index in [4.69, 9.17) is 0 Å². The monoisotopic (exact) mass is 342 g/mol. The van der Waals surface area contributed by atoms with Gasteiger partial charge in [0.05, 0.1) is 5.69 Å². The van der Waals surface area contributed by atoms with Gasteiger partial charge in [0.1, 0.15) is 0 Å². The van der Waals surface area contributed by atoms with Crippen LogP contribution in [0.4, 0.5) is 5.13 Å². The van der Waals surface area contributed by atoms with Crippen LogP contribution in [0.15, 0.2) is 29.6 Å². The summed E-state index contributed by atoms with van der Waals surface area (Å²) in [4.78, 5) is 18.2. The van der Waals surface area contributed by atoms with Crippen LogP contribution in [0.1, 0.15) is 63.9 Å². The summed E-state index contributed by atoms with van der Waals surface area (Å²) in [6, 6.07) is 8.89. The number of carbonyl (C=O) groups excluding carboxylic acids is 1. The highest BCUT2D eigenvalue weighted by Crippen LogP contribution is 2.34. The molecule has 1 fully saturated rings. The van der Waals surface area contributed by atoms with Crippen LogP contribution in [0, 0.1) is 0 Å². The number of carbonyl (C=O) groups is 1. The zero-order valence-corrected chi connectivity index (χ0v) is 15.4. The van der Waals surface area contributed by atoms with Crippen molar-refractivity contribution in [1.29, 1.82) is 0 Å². The number of aromatic nitrogens is 1. The zero-order valence-electron chi connectivity index (χ0n) is 14.6.